The lowest BCUT2D eigenvalue weighted by Gasteiger charge is -2.33. The number of benzene rings is 1. The lowest BCUT2D eigenvalue weighted by atomic mass is 9.89. The minimum Gasteiger partial charge on any atom is -0.463 e. The number of carbonyl (C=O) groups is 1. The van der Waals surface area contributed by atoms with E-state index in [4.69, 9.17) is 9.47 Å². The van der Waals surface area contributed by atoms with E-state index in [1.165, 1.54) is 12.0 Å². The van der Waals surface area contributed by atoms with E-state index in [0.717, 1.165) is 45.3 Å². The van der Waals surface area contributed by atoms with Crippen LogP contribution in [0, 0.1) is 5.92 Å². The zero-order valence-corrected chi connectivity index (χ0v) is 13.8. The van der Waals surface area contributed by atoms with Crippen LogP contribution in [0.4, 0.5) is 0 Å². The maximum absolute atomic E-state index is 12.1. The fourth-order valence-corrected chi connectivity index (χ4v) is 3.50. The molecule has 1 unspecified atom stereocenters. The molecule has 1 aromatic rings. The molecule has 0 amide bonds. The zero-order chi connectivity index (χ0) is 15.9. The summed E-state index contributed by atoms with van der Waals surface area (Å²) in [6.07, 6.45) is 5.55. The Labute approximate surface area is 138 Å². The third-order valence-electron chi connectivity index (χ3n) is 4.82. The van der Waals surface area contributed by atoms with Crippen LogP contribution in [0.1, 0.15) is 37.7 Å². The monoisotopic (exact) mass is 317 g/mol. The van der Waals surface area contributed by atoms with Crippen LogP contribution in [0.25, 0.3) is 0 Å². The predicted octanol–water partition coefficient (Wildman–Crippen LogP) is 3.01. The highest BCUT2D eigenvalue weighted by atomic mass is 16.6. The Bertz CT molecular complexity index is 485. The first-order valence-electron chi connectivity index (χ1n) is 8.86. The number of rotatable bonds is 5. The molecule has 1 saturated heterocycles. The van der Waals surface area contributed by atoms with Crippen LogP contribution in [0.3, 0.4) is 0 Å². The van der Waals surface area contributed by atoms with Gasteiger partial charge in [0.1, 0.15) is 12.7 Å². The van der Waals surface area contributed by atoms with Crippen molar-refractivity contribution in [3.8, 4) is 0 Å². The predicted molar refractivity (Wildman–Crippen MR) is 89.0 cm³/mol. The van der Waals surface area contributed by atoms with Crippen molar-refractivity contribution in [2.45, 2.75) is 44.8 Å². The molecule has 3 rings (SSSR count). The van der Waals surface area contributed by atoms with Crippen molar-refractivity contribution in [3.05, 3.63) is 35.9 Å². The van der Waals surface area contributed by atoms with Gasteiger partial charge < -0.3 is 9.47 Å². The van der Waals surface area contributed by atoms with Crippen molar-refractivity contribution in [2.24, 2.45) is 5.92 Å². The van der Waals surface area contributed by atoms with Crippen LogP contribution < -0.4 is 0 Å². The number of hydrogen-bond acceptors (Lipinski definition) is 4. The Morgan fingerprint density at radius 2 is 1.96 bits per heavy atom. The zero-order valence-electron chi connectivity index (χ0n) is 13.8. The molecule has 2 fully saturated rings. The van der Waals surface area contributed by atoms with Gasteiger partial charge in [-0.15, -0.1) is 0 Å². The molecule has 4 nitrogen and oxygen atoms in total. The molecule has 0 N–H and O–H groups in total. The molecular formula is C19H27NO3. The normalized spacial score (nSPS) is 23.6. The highest BCUT2D eigenvalue weighted by Gasteiger charge is 2.26. The molecule has 1 saturated carbocycles. The van der Waals surface area contributed by atoms with Crippen LogP contribution in [0.15, 0.2) is 30.3 Å². The molecule has 1 atom stereocenters. The van der Waals surface area contributed by atoms with E-state index in [0.29, 0.717) is 13.2 Å². The molecule has 1 aliphatic heterocycles. The fraction of sp³-hybridized carbons (Fsp3) is 0.632. The molecule has 1 aliphatic carbocycles. The third-order valence-corrected chi connectivity index (χ3v) is 4.82. The van der Waals surface area contributed by atoms with E-state index in [9.17, 15) is 4.79 Å². The molecule has 4 heteroatoms. The largest absolute Gasteiger partial charge is 0.463 e. The summed E-state index contributed by atoms with van der Waals surface area (Å²) >= 11 is 0. The van der Waals surface area contributed by atoms with E-state index >= 15 is 0 Å². The number of hydrogen-bond donors (Lipinski definition) is 0. The maximum atomic E-state index is 12.1. The van der Waals surface area contributed by atoms with E-state index in [1.54, 1.807) is 0 Å². The van der Waals surface area contributed by atoms with Crippen molar-refractivity contribution in [1.29, 1.82) is 0 Å². The molecule has 126 valence electrons. The second kappa shape index (κ2) is 8.46. The number of ether oxygens (including phenoxy) is 2. The number of esters is 1. The van der Waals surface area contributed by atoms with Gasteiger partial charge in [-0.3, -0.25) is 9.69 Å². The lowest BCUT2D eigenvalue weighted by Crippen LogP contribution is -2.44. The molecule has 0 spiro atoms. The molecule has 0 aromatic heterocycles. The standard InChI is InChI=1S/C19H27NO3/c21-19(17-9-5-2-6-10-17)23-15-18-14-20(11-12-22-18)13-16-7-3-1-4-8-16/h1,3-4,7-8,17-18H,2,5-6,9-15H2. The van der Waals surface area contributed by atoms with Gasteiger partial charge in [0.15, 0.2) is 0 Å². The summed E-state index contributed by atoms with van der Waals surface area (Å²) in [7, 11) is 0. The Hall–Kier alpha value is -1.39. The summed E-state index contributed by atoms with van der Waals surface area (Å²) in [5, 5.41) is 0. The Balaban J connectivity index is 1.42. The summed E-state index contributed by atoms with van der Waals surface area (Å²) in [5.41, 5.74) is 1.31. The summed E-state index contributed by atoms with van der Waals surface area (Å²) in [4.78, 5) is 14.5. The van der Waals surface area contributed by atoms with Gasteiger partial charge in [0.25, 0.3) is 0 Å². The van der Waals surface area contributed by atoms with Crippen molar-refractivity contribution in [3.63, 3.8) is 0 Å². The molecule has 0 radical (unpaired) electrons. The minimum absolute atomic E-state index is 0.00000260. The van der Waals surface area contributed by atoms with Crippen LogP contribution >= 0.6 is 0 Å². The van der Waals surface area contributed by atoms with E-state index in [1.807, 2.05) is 6.07 Å². The maximum Gasteiger partial charge on any atom is 0.309 e. The first-order chi connectivity index (χ1) is 11.3. The average molecular weight is 317 g/mol. The smallest absolute Gasteiger partial charge is 0.309 e. The molecule has 1 aromatic carbocycles. The van der Waals surface area contributed by atoms with Crippen LogP contribution in [-0.2, 0) is 20.8 Å². The SMILES string of the molecule is O=C(OCC1CN(Cc2ccccc2)CCO1)C1CCCCC1. The Kier molecular flexibility index (Phi) is 6.06. The fourth-order valence-electron chi connectivity index (χ4n) is 3.50. The van der Waals surface area contributed by atoms with Crippen molar-refractivity contribution in [2.75, 3.05) is 26.3 Å². The quantitative estimate of drug-likeness (QED) is 0.783. The number of carbonyl (C=O) groups excluding carboxylic acids is 1. The molecule has 23 heavy (non-hydrogen) atoms. The first kappa shape index (κ1) is 16.5. The molecular weight excluding hydrogens is 290 g/mol. The van der Waals surface area contributed by atoms with Crippen molar-refractivity contribution in [1.82, 2.24) is 4.90 Å². The van der Waals surface area contributed by atoms with Gasteiger partial charge in [0.2, 0.25) is 0 Å². The molecule has 2 aliphatic rings. The van der Waals surface area contributed by atoms with Gasteiger partial charge in [-0.2, -0.15) is 0 Å². The van der Waals surface area contributed by atoms with Gasteiger partial charge in [0.05, 0.1) is 12.5 Å². The number of morpholine rings is 1. The topological polar surface area (TPSA) is 38.8 Å². The highest BCUT2D eigenvalue weighted by molar-refractivity contribution is 5.72. The summed E-state index contributed by atoms with van der Waals surface area (Å²) in [6, 6.07) is 10.5. The first-order valence-corrected chi connectivity index (χ1v) is 8.86. The van der Waals surface area contributed by atoms with E-state index < -0.39 is 0 Å². The summed E-state index contributed by atoms with van der Waals surface area (Å²) < 4.78 is 11.3. The van der Waals surface area contributed by atoms with Gasteiger partial charge in [-0.05, 0) is 18.4 Å². The Morgan fingerprint density at radius 1 is 1.17 bits per heavy atom. The molecule has 0 bridgehead atoms. The lowest BCUT2D eigenvalue weighted by molar-refractivity contribution is -0.156. The minimum atomic E-state index is -0.0199. The highest BCUT2D eigenvalue weighted by Crippen LogP contribution is 2.24. The van der Waals surface area contributed by atoms with E-state index in [-0.39, 0.29) is 18.0 Å². The second-order valence-electron chi connectivity index (χ2n) is 6.68. The summed E-state index contributed by atoms with van der Waals surface area (Å²) in [6.45, 7) is 3.78. The van der Waals surface area contributed by atoms with Crippen LogP contribution in [0.5, 0.6) is 0 Å². The third kappa shape index (κ3) is 5.05. The van der Waals surface area contributed by atoms with Crippen molar-refractivity contribution < 1.29 is 14.3 Å². The van der Waals surface area contributed by atoms with Crippen molar-refractivity contribution >= 4 is 5.97 Å². The average Bonchev–Trinajstić information content (AvgIpc) is 2.62. The van der Waals surface area contributed by atoms with Gasteiger partial charge in [-0.25, -0.2) is 0 Å². The van der Waals surface area contributed by atoms with E-state index in [2.05, 4.69) is 29.2 Å². The Morgan fingerprint density at radius 3 is 2.74 bits per heavy atom. The van der Waals surface area contributed by atoms with Crippen LogP contribution in [-0.4, -0.2) is 43.3 Å². The summed E-state index contributed by atoms with van der Waals surface area (Å²) in [5.74, 6) is 0.0984. The molecule has 1 heterocycles. The van der Waals surface area contributed by atoms with Gasteiger partial charge in [0, 0.05) is 19.6 Å². The van der Waals surface area contributed by atoms with Crippen LogP contribution in [0.2, 0.25) is 0 Å². The van der Waals surface area contributed by atoms with Gasteiger partial charge >= 0.3 is 5.97 Å². The van der Waals surface area contributed by atoms with Gasteiger partial charge in [-0.1, -0.05) is 49.6 Å². The number of nitrogens with zero attached hydrogens (tertiary/aromatic N) is 1. The second-order valence-corrected chi connectivity index (χ2v) is 6.68.